The van der Waals surface area contributed by atoms with E-state index in [0.29, 0.717) is 6.61 Å². The summed E-state index contributed by atoms with van der Waals surface area (Å²) in [5.74, 6) is -0.0255. The number of ether oxygens (including phenoxy) is 1. The number of hydrogen-bond acceptors (Lipinski definition) is 6. The number of carbonyl (C=O) groups is 1. The molecule has 7 nitrogen and oxygen atoms in total. The second-order valence-corrected chi connectivity index (χ2v) is 7.13. The zero-order valence-electron chi connectivity index (χ0n) is 14.3. The van der Waals surface area contributed by atoms with Gasteiger partial charge < -0.3 is 14.2 Å². The summed E-state index contributed by atoms with van der Waals surface area (Å²) in [5, 5.41) is 3.09. The van der Waals surface area contributed by atoms with Crippen molar-refractivity contribution in [1.82, 2.24) is 24.3 Å². The van der Waals surface area contributed by atoms with E-state index in [0.717, 1.165) is 30.2 Å². The lowest BCUT2D eigenvalue weighted by Gasteiger charge is -2.35. The van der Waals surface area contributed by atoms with Crippen LogP contribution in [-0.2, 0) is 29.5 Å². The molecule has 24 heavy (non-hydrogen) atoms. The van der Waals surface area contributed by atoms with Crippen molar-refractivity contribution in [3.8, 4) is 0 Å². The molecule has 0 aromatic carbocycles. The van der Waals surface area contributed by atoms with E-state index in [4.69, 9.17) is 4.74 Å². The highest BCUT2D eigenvalue weighted by Crippen LogP contribution is 2.30. The molecule has 1 aliphatic rings. The third kappa shape index (κ3) is 3.66. The lowest BCUT2D eigenvalue weighted by Crippen LogP contribution is -2.39. The van der Waals surface area contributed by atoms with Crippen LogP contribution in [0.5, 0.6) is 0 Å². The van der Waals surface area contributed by atoms with E-state index >= 15 is 0 Å². The average Bonchev–Trinajstić information content (AvgIpc) is 3.19. The first-order valence-corrected chi connectivity index (χ1v) is 8.84. The van der Waals surface area contributed by atoms with Gasteiger partial charge in [0.25, 0.3) is 0 Å². The predicted molar refractivity (Wildman–Crippen MR) is 91.7 cm³/mol. The number of amides is 1. The number of aryl methyl sites for hydroxylation is 1. The Balaban J connectivity index is 1.73. The quantitative estimate of drug-likeness (QED) is 0.781. The Morgan fingerprint density at radius 3 is 3.00 bits per heavy atom. The van der Waals surface area contributed by atoms with Crippen LogP contribution in [0.4, 0.5) is 0 Å². The minimum atomic E-state index is -0.0255. The zero-order valence-corrected chi connectivity index (χ0v) is 15.1. The van der Waals surface area contributed by atoms with Crippen LogP contribution < -0.4 is 0 Å². The van der Waals surface area contributed by atoms with Crippen LogP contribution >= 0.6 is 11.3 Å². The van der Waals surface area contributed by atoms with Gasteiger partial charge in [0.05, 0.1) is 36.9 Å². The fraction of sp³-hybridized carbons (Fsp3) is 0.562. The molecule has 0 spiro atoms. The van der Waals surface area contributed by atoms with E-state index in [1.165, 1.54) is 5.69 Å². The number of nitrogens with zero attached hydrogens (tertiary/aromatic N) is 5. The molecule has 130 valence electrons. The molecule has 0 radical (unpaired) electrons. The Morgan fingerprint density at radius 1 is 1.46 bits per heavy atom. The zero-order chi connectivity index (χ0) is 17.1. The van der Waals surface area contributed by atoms with Gasteiger partial charge in [0.2, 0.25) is 5.91 Å². The second-order valence-electron chi connectivity index (χ2n) is 6.15. The predicted octanol–water partition coefficient (Wildman–Crippen LogP) is 1.08. The minimum Gasteiger partial charge on any atom is -0.370 e. The summed E-state index contributed by atoms with van der Waals surface area (Å²) in [4.78, 5) is 24.6. The van der Waals surface area contributed by atoms with Crippen LogP contribution in [0.1, 0.15) is 22.4 Å². The van der Waals surface area contributed by atoms with Crippen molar-refractivity contribution in [1.29, 1.82) is 0 Å². The van der Waals surface area contributed by atoms with Crippen molar-refractivity contribution in [3.63, 3.8) is 0 Å². The molecule has 1 unspecified atom stereocenters. The molecule has 1 atom stereocenters. The molecule has 0 saturated carbocycles. The Hall–Kier alpha value is -1.77. The maximum atomic E-state index is 11.7. The Bertz CT molecular complexity index is 683. The van der Waals surface area contributed by atoms with Crippen LogP contribution in [0.2, 0.25) is 0 Å². The first-order chi connectivity index (χ1) is 11.6. The summed E-state index contributed by atoms with van der Waals surface area (Å²) in [5.41, 5.74) is 2.30. The standard InChI is InChI=1S/C16H23N5O2S/c1-19(2)15(22)10-23-9-13-16-12(18-11-20(16)3)4-6-21(13)8-14-17-5-7-24-14/h5,7,11,13H,4,6,8-10H2,1-3H3. The SMILES string of the molecule is CN(C)C(=O)COCC1c2c(ncn2C)CCN1Cc1nccs1. The molecule has 2 aromatic rings. The highest BCUT2D eigenvalue weighted by atomic mass is 32.1. The van der Waals surface area contributed by atoms with Crippen LogP contribution in [-0.4, -0.2) is 64.1 Å². The van der Waals surface area contributed by atoms with Gasteiger partial charge in [-0.1, -0.05) is 0 Å². The summed E-state index contributed by atoms with van der Waals surface area (Å²) in [6, 6.07) is 0.0834. The molecule has 1 aliphatic heterocycles. The minimum absolute atomic E-state index is 0.0255. The van der Waals surface area contributed by atoms with Gasteiger partial charge in [-0.05, 0) is 0 Å². The maximum Gasteiger partial charge on any atom is 0.248 e. The van der Waals surface area contributed by atoms with E-state index < -0.39 is 0 Å². The van der Waals surface area contributed by atoms with E-state index in [1.54, 1.807) is 30.3 Å². The topological polar surface area (TPSA) is 63.5 Å². The molecule has 0 fully saturated rings. The fourth-order valence-electron chi connectivity index (χ4n) is 2.95. The van der Waals surface area contributed by atoms with Gasteiger partial charge in [-0.2, -0.15) is 0 Å². The van der Waals surface area contributed by atoms with Crippen LogP contribution in [0, 0.1) is 0 Å². The maximum absolute atomic E-state index is 11.7. The Kier molecular flexibility index (Phi) is 5.27. The van der Waals surface area contributed by atoms with Gasteiger partial charge in [0.15, 0.2) is 0 Å². The lowest BCUT2D eigenvalue weighted by molar-refractivity contribution is -0.134. The first-order valence-electron chi connectivity index (χ1n) is 7.96. The lowest BCUT2D eigenvalue weighted by atomic mass is 10.0. The van der Waals surface area contributed by atoms with Crippen molar-refractivity contribution in [2.24, 2.45) is 7.05 Å². The average molecular weight is 349 g/mol. The van der Waals surface area contributed by atoms with Gasteiger partial charge in [-0.3, -0.25) is 9.69 Å². The van der Waals surface area contributed by atoms with Crippen molar-refractivity contribution in [3.05, 3.63) is 34.3 Å². The second kappa shape index (κ2) is 7.42. The summed E-state index contributed by atoms with van der Waals surface area (Å²) in [7, 11) is 5.48. The van der Waals surface area contributed by atoms with E-state index in [-0.39, 0.29) is 18.6 Å². The molecule has 0 saturated heterocycles. The number of hydrogen-bond donors (Lipinski definition) is 0. The van der Waals surface area contributed by atoms with Gasteiger partial charge >= 0.3 is 0 Å². The number of thiazole rings is 1. The van der Waals surface area contributed by atoms with Gasteiger partial charge in [0.1, 0.15) is 11.6 Å². The van der Waals surface area contributed by atoms with Crippen molar-refractivity contribution in [2.75, 3.05) is 33.9 Å². The largest absolute Gasteiger partial charge is 0.370 e. The third-order valence-electron chi connectivity index (χ3n) is 4.28. The molecule has 1 amide bonds. The Morgan fingerprint density at radius 2 is 2.29 bits per heavy atom. The number of likely N-dealkylation sites (N-methyl/N-ethyl adjacent to an activating group) is 1. The van der Waals surface area contributed by atoms with Crippen molar-refractivity contribution >= 4 is 17.2 Å². The smallest absolute Gasteiger partial charge is 0.248 e. The van der Waals surface area contributed by atoms with Crippen LogP contribution in [0.15, 0.2) is 17.9 Å². The van der Waals surface area contributed by atoms with Gasteiger partial charge in [-0.25, -0.2) is 9.97 Å². The van der Waals surface area contributed by atoms with Crippen LogP contribution in [0.3, 0.4) is 0 Å². The van der Waals surface area contributed by atoms with Gasteiger partial charge in [0, 0.05) is 45.7 Å². The van der Waals surface area contributed by atoms with Crippen LogP contribution in [0.25, 0.3) is 0 Å². The first kappa shape index (κ1) is 17.1. The van der Waals surface area contributed by atoms with Crippen molar-refractivity contribution < 1.29 is 9.53 Å². The molecule has 0 aliphatic carbocycles. The number of aromatic nitrogens is 3. The number of fused-ring (bicyclic) bond motifs is 1. The highest BCUT2D eigenvalue weighted by molar-refractivity contribution is 7.09. The molecular weight excluding hydrogens is 326 g/mol. The normalized spacial score (nSPS) is 17.7. The summed E-state index contributed by atoms with van der Waals surface area (Å²) in [6.45, 7) is 2.27. The molecule has 0 bridgehead atoms. The van der Waals surface area contributed by atoms with Crippen molar-refractivity contribution in [2.45, 2.75) is 19.0 Å². The molecular formula is C16H23N5O2S. The van der Waals surface area contributed by atoms with E-state index in [2.05, 4.69) is 19.4 Å². The Labute approximate surface area is 145 Å². The number of carbonyl (C=O) groups excluding carboxylic acids is 1. The highest BCUT2D eigenvalue weighted by Gasteiger charge is 2.31. The van der Waals surface area contributed by atoms with Gasteiger partial charge in [-0.15, -0.1) is 11.3 Å². The molecule has 2 aromatic heterocycles. The molecule has 3 rings (SSSR count). The molecule has 8 heteroatoms. The number of rotatable bonds is 6. The van der Waals surface area contributed by atoms with E-state index in [9.17, 15) is 4.79 Å². The summed E-state index contributed by atoms with van der Waals surface area (Å²) in [6.07, 6.45) is 4.62. The third-order valence-corrected chi connectivity index (χ3v) is 5.04. The number of imidazole rings is 1. The monoisotopic (exact) mass is 349 g/mol. The fourth-order valence-corrected chi connectivity index (χ4v) is 3.59. The summed E-state index contributed by atoms with van der Waals surface area (Å²) >= 11 is 1.66. The van der Waals surface area contributed by atoms with E-state index in [1.807, 2.05) is 25.0 Å². The summed E-state index contributed by atoms with van der Waals surface area (Å²) < 4.78 is 7.80. The molecule has 0 N–H and O–H groups in total. The molecule has 3 heterocycles.